The molecular weight excluding hydrogens is 749 g/mol. The molecule has 7 aromatic carbocycles. The fraction of sp³-hybridized carbons (Fsp3) is 0.154. The molecule has 8 heteroatoms. The summed E-state index contributed by atoms with van der Waals surface area (Å²) in [6.07, 6.45) is 10.5. The SMILES string of the molecule is CC(=O)c1ccc(CC2(C)C(/C=C/C=C/C=C3/Oc4c(c5ccccc5c5ccccc45)N3CCOC=O)=[N+](CCC(=O)O)c3c2c2ccccc2c2ccccc32)cc1. The maximum atomic E-state index is 12.2. The topological polar surface area (TPSA) is 96.1 Å². The number of ether oxygens (including phenoxy) is 2. The first kappa shape index (κ1) is 38.2. The number of carboxylic acid groups (broad SMARTS) is 1. The molecule has 0 radical (unpaired) electrons. The summed E-state index contributed by atoms with van der Waals surface area (Å²) in [5.41, 5.74) is 5.19. The van der Waals surface area contributed by atoms with E-state index in [1.807, 2.05) is 85.0 Å². The van der Waals surface area contributed by atoms with E-state index in [9.17, 15) is 19.5 Å². The van der Waals surface area contributed by atoms with E-state index in [0.29, 0.717) is 30.9 Å². The molecule has 0 fully saturated rings. The van der Waals surface area contributed by atoms with Crippen molar-refractivity contribution < 1.29 is 33.5 Å². The second-order valence-electron chi connectivity index (χ2n) is 15.5. The Bertz CT molecular complexity index is 3010. The number of carbonyl (C=O) groups excluding carboxylic acids is 2. The van der Waals surface area contributed by atoms with Gasteiger partial charge in [-0.25, -0.2) is 0 Å². The van der Waals surface area contributed by atoms with E-state index < -0.39 is 11.4 Å². The Balaban J connectivity index is 1.16. The molecule has 8 nitrogen and oxygen atoms in total. The lowest BCUT2D eigenvalue weighted by Gasteiger charge is -2.24. The van der Waals surface area contributed by atoms with Crippen molar-refractivity contribution in [1.82, 2.24) is 0 Å². The van der Waals surface area contributed by atoms with Crippen LogP contribution in [-0.4, -0.2) is 53.3 Å². The van der Waals surface area contributed by atoms with Crippen molar-refractivity contribution in [3.05, 3.63) is 174 Å². The van der Waals surface area contributed by atoms with Crippen LogP contribution in [-0.2, 0) is 26.2 Å². The van der Waals surface area contributed by atoms with Crippen molar-refractivity contribution in [3.63, 3.8) is 0 Å². The highest BCUT2D eigenvalue weighted by molar-refractivity contribution is 6.20. The highest BCUT2D eigenvalue weighted by Crippen LogP contribution is 2.51. The summed E-state index contributed by atoms with van der Waals surface area (Å²) >= 11 is 0. The van der Waals surface area contributed by atoms with Gasteiger partial charge in [-0.2, -0.15) is 4.58 Å². The highest BCUT2D eigenvalue weighted by Gasteiger charge is 2.50. The number of carboxylic acids is 1. The molecule has 0 bridgehead atoms. The first-order valence-corrected chi connectivity index (χ1v) is 20.2. The molecule has 7 aromatic rings. The van der Waals surface area contributed by atoms with Gasteiger partial charge in [0, 0.05) is 28.0 Å². The quantitative estimate of drug-likeness (QED) is 0.0310. The Morgan fingerprint density at radius 2 is 1.33 bits per heavy atom. The van der Waals surface area contributed by atoms with Crippen LogP contribution in [0.2, 0.25) is 0 Å². The Labute approximate surface area is 347 Å². The van der Waals surface area contributed by atoms with E-state index in [4.69, 9.17) is 9.47 Å². The van der Waals surface area contributed by atoms with Gasteiger partial charge in [0.2, 0.25) is 11.6 Å². The first-order chi connectivity index (χ1) is 29.3. The van der Waals surface area contributed by atoms with Crippen LogP contribution in [0, 0.1) is 0 Å². The summed E-state index contributed by atoms with van der Waals surface area (Å²) in [6.45, 7) is 5.13. The van der Waals surface area contributed by atoms with E-state index in [1.54, 1.807) is 6.92 Å². The number of benzene rings is 7. The summed E-state index contributed by atoms with van der Waals surface area (Å²) in [7, 11) is 0. The molecule has 0 aliphatic carbocycles. The number of aliphatic carboxylic acids is 1. The van der Waals surface area contributed by atoms with Gasteiger partial charge in [-0.05, 0) is 64.9 Å². The number of hydrogen-bond donors (Lipinski definition) is 1. The summed E-state index contributed by atoms with van der Waals surface area (Å²) < 4.78 is 14.0. The van der Waals surface area contributed by atoms with Gasteiger partial charge in [-0.15, -0.1) is 0 Å². The number of carbonyl (C=O) groups is 3. The van der Waals surface area contributed by atoms with Crippen molar-refractivity contribution in [2.45, 2.75) is 32.1 Å². The van der Waals surface area contributed by atoms with E-state index in [-0.39, 0.29) is 25.4 Å². The molecular formula is C52H43N2O6+. The van der Waals surface area contributed by atoms with Crippen LogP contribution >= 0.6 is 0 Å². The molecule has 1 N–H and O–H groups in total. The van der Waals surface area contributed by atoms with Crippen LogP contribution in [0.25, 0.3) is 43.1 Å². The van der Waals surface area contributed by atoms with Crippen molar-refractivity contribution in [1.29, 1.82) is 0 Å². The van der Waals surface area contributed by atoms with Crippen LogP contribution < -0.4 is 9.64 Å². The summed E-state index contributed by atoms with van der Waals surface area (Å²) in [4.78, 5) is 37.7. The average Bonchev–Trinajstić information content (AvgIpc) is 3.75. The van der Waals surface area contributed by atoms with Crippen LogP contribution in [0.3, 0.4) is 0 Å². The second-order valence-corrected chi connectivity index (χ2v) is 15.5. The molecule has 1 atom stereocenters. The number of fused-ring (bicyclic) bond motifs is 12. The van der Waals surface area contributed by atoms with Gasteiger partial charge >= 0.3 is 5.97 Å². The minimum absolute atomic E-state index is 0.0132. The van der Waals surface area contributed by atoms with Crippen LogP contribution in [0.1, 0.15) is 41.8 Å². The van der Waals surface area contributed by atoms with Gasteiger partial charge in [0.25, 0.3) is 6.47 Å². The molecule has 296 valence electrons. The second kappa shape index (κ2) is 15.8. The maximum Gasteiger partial charge on any atom is 0.309 e. The zero-order chi connectivity index (χ0) is 41.4. The van der Waals surface area contributed by atoms with Gasteiger partial charge in [-0.1, -0.05) is 133 Å². The number of rotatable bonds is 13. The molecule has 2 aliphatic rings. The Hall–Kier alpha value is -7.32. The lowest BCUT2D eigenvalue weighted by molar-refractivity contribution is -0.435. The van der Waals surface area contributed by atoms with Crippen molar-refractivity contribution in [3.8, 4) is 5.75 Å². The summed E-state index contributed by atoms with van der Waals surface area (Å²) in [5.74, 6) is 0.502. The predicted octanol–water partition coefficient (Wildman–Crippen LogP) is 10.6. The Morgan fingerprint density at radius 1 is 0.750 bits per heavy atom. The zero-order valence-electron chi connectivity index (χ0n) is 33.4. The van der Waals surface area contributed by atoms with E-state index in [0.717, 1.165) is 77.1 Å². The predicted molar refractivity (Wildman–Crippen MR) is 239 cm³/mol. The number of ketones is 1. The van der Waals surface area contributed by atoms with Gasteiger partial charge in [0.15, 0.2) is 23.8 Å². The molecule has 0 spiro atoms. The molecule has 0 aromatic heterocycles. The number of anilines is 1. The normalized spacial score (nSPS) is 16.8. The standard InChI is InChI=1S/C52H42N2O6/c1-34(56)36-26-24-35(25-27-36)32-52(2)45(53(29-28-47(57)58)49-42-19-11-7-15-38(42)37-14-6-10-18-41(37)48(49)52)22-4-3-5-23-46-54(30-31-59-33-55)50-43-20-12-8-16-39(43)40-17-9-13-21-44(40)51(50)60-46/h3-27,33H,28-32H2,1-2H3/p+1. The Kier molecular flexibility index (Phi) is 10.1. The third-order valence-corrected chi connectivity index (χ3v) is 11.9. The molecule has 2 heterocycles. The highest BCUT2D eigenvalue weighted by atomic mass is 16.5. The summed E-state index contributed by atoms with van der Waals surface area (Å²) in [6, 6.07) is 41.1. The molecule has 1 unspecified atom stereocenters. The van der Waals surface area contributed by atoms with Gasteiger partial charge in [0.1, 0.15) is 13.0 Å². The fourth-order valence-electron chi connectivity index (χ4n) is 9.28. The maximum absolute atomic E-state index is 12.2. The third-order valence-electron chi connectivity index (χ3n) is 11.9. The number of nitrogens with zero attached hydrogens (tertiary/aromatic N) is 2. The van der Waals surface area contributed by atoms with Crippen molar-refractivity contribution >= 4 is 78.4 Å². The summed E-state index contributed by atoms with van der Waals surface area (Å²) in [5, 5.41) is 18.7. The third kappa shape index (κ3) is 6.60. The van der Waals surface area contributed by atoms with E-state index >= 15 is 0 Å². The largest absolute Gasteiger partial charge is 0.481 e. The zero-order valence-corrected chi connectivity index (χ0v) is 33.4. The fourth-order valence-corrected chi connectivity index (χ4v) is 9.28. The van der Waals surface area contributed by atoms with E-state index in [2.05, 4.69) is 83.1 Å². The molecule has 9 rings (SSSR count). The number of allylic oxidation sites excluding steroid dienone is 5. The smallest absolute Gasteiger partial charge is 0.309 e. The lowest BCUT2D eigenvalue weighted by atomic mass is 9.72. The molecule has 0 saturated heterocycles. The Morgan fingerprint density at radius 3 is 1.98 bits per heavy atom. The van der Waals surface area contributed by atoms with Gasteiger partial charge < -0.3 is 19.5 Å². The van der Waals surface area contributed by atoms with E-state index in [1.165, 1.54) is 0 Å². The molecule has 2 aliphatic heterocycles. The minimum Gasteiger partial charge on any atom is -0.481 e. The van der Waals surface area contributed by atoms with Crippen molar-refractivity contribution in [2.75, 3.05) is 24.6 Å². The van der Waals surface area contributed by atoms with Gasteiger partial charge in [0.05, 0.1) is 23.0 Å². The number of hydrogen-bond acceptors (Lipinski definition) is 6. The van der Waals surface area contributed by atoms with Crippen molar-refractivity contribution in [2.24, 2.45) is 0 Å². The minimum atomic E-state index is -0.869. The van der Waals surface area contributed by atoms with Crippen LogP contribution in [0.4, 0.5) is 11.4 Å². The first-order valence-electron chi connectivity index (χ1n) is 20.2. The number of Topliss-reactive ketones (excluding diaryl/α,β-unsaturated/α-hetero) is 1. The van der Waals surface area contributed by atoms with Crippen LogP contribution in [0.15, 0.2) is 158 Å². The molecule has 60 heavy (non-hydrogen) atoms. The van der Waals surface area contributed by atoms with Gasteiger partial charge in [-0.3, -0.25) is 14.4 Å². The lowest BCUT2D eigenvalue weighted by Crippen LogP contribution is -2.34. The molecule has 0 saturated carbocycles. The van der Waals surface area contributed by atoms with Crippen LogP contribution in [0.5, 0.6) is 5.75 Å². The monoisotopic (exact) mass is 791 g/mol. The average molecular weight is 792 g/mol. The molecule has 0 amide bonds.